The van der Waals surface area contributed by atoms with Crippen molar-refractivity contribution in [3.05, 3.63) is 42.5 Å². The van der Waals surface area contributed by atoms with Gasteiger partial charge in [-0.25, -0.2) is 4.98 Å². The van der Waals surface area contributed by atoms with Gasteiger partial charge in [-0.15, -0.1) is 0 Å². The Morgan fingerprint density at radius 1 is 1.12 bits per heavy atom. The highest BCUT2D eigenvalue weighted by molar-refractivity contribution is 5.68. The van der Waals surface area contributed by atoms with E-state index in [4.69, 9.17) is 10.5 Å². The average Bonchev–Trinajstić information content (AvgIpc) is 2.37. The van der Waals surface area contributed by atoms with E-state index in [1.54, 1.807) is 6.07 Å². The van der Waals surface area contributed by atoms with Crippen LogP contribution in [0.4, 0.5) is 5.82 Å². The molecule has 0 radical (unpaired) electrons. The molecule has 2 N–H and O–H groups in total. The van der Waals surface area contributed by atoms with Crippen molar-refractivity contribution in [3.63, 3.8) is 0 Å². The second kappa shape index (κ2) is 5.34. The lowest BCUT2D eigenvalue weighted by Crippen LogP contribution is -1.98. The highest BCUT2D eigenvalue weighted by Crippen LogP contribution is 2.28. The van der Waals surface area contributed by atoms with Gasteiger partial charge in [0.15, 0.2) is 0 Å². The third-order valence-corrected chi connectivity index (χ3v) is 2.40. The molecule has 0 spiro atoms. The molecule has 17 heavy (non-hydrogen) atoms. The molecular formula is C14H16N2O. The molecule has 0 atom stereocenters. The van der Waals surface area contributed by atoms with Gasteiger partial charge in [0.2, 0.25) is 0 Å². The van der Waals surface area contributed by atoms with Gasteiger partial charge in [0.05, 0.1) is 12.3 Å². The predicted octanol–water partition coefficient (Wildman–Crippen LogP) is 3.12. The summed E-state index contributed by atoms with van der Waals surface area (Å²) < 4.78 is 5.70. The summed E-state index contributed by atoms with van der Waals surface area (Å²) in [6, 6.07) is 13.5. The normalized spacial score (nSPS) is 10.2. The minimum Gasteiger partial charge on any atom is -0.493 e. The molecule has 3 heteroatoms. The molecule has 88 valence electrons. The SMILES string of the molecule is CCCOc1ccccc1-c1cccc(N)n1. The Morgan fingerprint density at radius 3 is 2.71 bits per heavy atom. The molecule has 1 aromatic carbocycles. The molecule has 1 heterocycles. The number of pyridine rings is 1. The zero-order valence-electron chi connectivity index (χ0n) is 9.89. The molecule has 0 fully saturated rings. The topological polar surface area (TPSA) is 48.1 Å². The molecule has 2 aromatic rings. The number of hydrogen-bond donors (Lipinski definition) is 1. The molecule has 0 unspecified atom stereocenters. The molecule has 0 aliphatic rings. The molecule has 3 nitrogen and oxygen atoms in total. The summed E-state index contributed by atoms with van der Waals surface area (Å²) in [5.74, 6) is 1.38. The number of rotatable bonds is 4. The fourth-order valence-corrected chi connectivity index (χ4v) is 1.62. The molecule has 1 aromatic heterocycles. The van der Waals surface area contributed by atoms with Crippen molar-refractivity contribution in [1.29, 1.82) is 0 Å². The number of para-hydroxylation sites is 1. The van der Waals surface area contributed by atoms with E-state index in [0.717, 1.165) is 23.4 Å². The van der Waals surface area contributed by atoms with Gasteiger partial charge in [-0.2, -0.15) is 0 Å². The van der Waals surface area contributed by atoms with Crippen LogP contribution in [-0.4, -0.2) is 11.6 Å². The van der Waals surface area contributed by atoms with Crippen LogP contribution in [0.5, 0.6) is 5.75 Å². The molecule has 0 saturated heterocycles. The molecule has 0 saturated carbocycles. The van der Waals surface area contributed by atoms with Gasteiger partial charge < -0.3 is 10.5 Å². The third-order valence-electron chi connectivity index (χ3n) is 2.40. The quantitative estimate of drug-likeness (QED) is 0.874. The minimum absolute atomic E-state index is 0.521. The van der Waals surface area contributed by atoms with Crippen LogP contribution in [-0.2, 0) is 0 Å². The van der Waals surface area contributed by atoms with E-state index < -0.39 is 0 Å². The zero-order valence-corrected chi connectivity index (χ0v) is 9.89. The van der Waals surface area contributed by atoms with E-state index in [1.165, 1.54) is 0 Å². The first kappa shape index (κ1) is 11.5. The number of hydrogen-bond acceptors (Lipinski definition) is 3. The highest BCUT2D eigenvalue weighted by atomic mass is 16.5. The Hall–Kier alpha value is -2.03. The standard InChI is InChI=1S/C14H16N2O/c1-2-10-17-13-8-4-3-6-11(13)12-7-5-9-14(15)16-12/h3-9H,2,10H2,1H3,(H2,15,16). The monoisotopic (exact) mass is 228 g/mol. The van der Waals surface area contributed by atoms with Crippen LogP contribution < -0.4 is 10.5 Å². The van der Waals surface area contributed by atoms with Gasteiger partial charge in [0.1, 0.15) is 11.6 Å². The Kier molecular flexibility index (Phi) is 3.60. The van der Waals surface area contributed by atoms with Crippen LogP contribution in [0.1, 0.15) is 13.3 Å². The largest absolute Gasteiger partial charge is 0.493 e. The van der Waals surface area contributed by atoms with E-state index in [0.29, 0.717) is 12.4 Å². The minimum atomic E-state index is 0.521. The van der Waals surface area contributed by atoms with Crippen LogP contribution in [0.2, 0.25) is 0 Å². The van der Waals surface area contributed by atoms with Crippen molar-refractivity contribution in [3.8, 4) is 17.0 Å². The van der Waals surface area contributed by atoms with E-state index in [-0.39, 0.29) is 0 Å². The van der Waals surface area contributed by atoms with E-state index in [1.807, 2.05) is 36.4 Å². The van der Waals surface area contributed by atoms with Crippen molar-refractivity contribution < 1.29 is 4.74 Å². The van der Waals surface area contributed by atoms with Crippen LogP contribution in [0.15, 0.2) is 42.5 Å². The second-order valence-electron chi connectivity index (χ2n) is 3.79. The van der Waals surface area contributed by atoms with Gasteiger partial charge >= 0.3 is 0 Å². The summed E-state index contributed by atoms with van der Waals surface area (Å²) in [7, 11) is 0. The smallest absolute Gasteiger partial charge is 0.128 e. The average molecular weight is 228 g/mol. The Balaban J connectivity index is 2.37. The first-order valence-electron chi connectivity index (χ1n) is 5.76. The van der Waals surface area contributed by atoms with Crippen molar-refractivity contribution in [2.75, 3.05) is 12.3 Å². The summed E-state index contributed by atoms with van der Waals surface area (Å²) in [6.45, 7) is 2.79. The van der Waals surface area contributed by atoms with Gasteiger partial charge in [-0.1, -0.05) is 25.1 Å². The lowest BCUT2D eigenvalue weighted by molar-refractivity contribution is 0.318. The molecule has 2 rings (SSSR count). The van der Waals surface area contributed by atoms with Crippen molar-refractivity contribution in [2.24, 2.45) is 0 Å². The number of anilines is 1. The maximum absolute atomic E-state index is 5.70. The highest BCUT2D eigenvalue weighted by Gasteiger charge is 2.06. The fourth-order valence-electron chi connectivity index (χ4n) is 1.62. The van der Waals surface area contributed by atoms with Crippen LogP contribution in [0, 0.1) is 0 Å². The summed E-state index contributed by atoms with van der Waals surface area (Å²) in [5.41, 5.74) is 7.52. The fraction of sp³-hybridized carbons (Fsp3) is 0.214. The van der Waals surface area contributed by atoms with Crippen LogP contribution in [0.3, 0.4) is 0 Å². The van der Waals surface area contributed by atoms with Crippen molar-refractivity contribution >= 4 is 5.82 Å². The predicted molar refractivity (Wildman–Crippen MR) is 69.9 cm³/mol. The summed E-state index contributed by atoms with van der Waals surface area (Å²) in [4.78, 5) is 4.31. The molecule has 0 aliphatic heterocycles. The third kappa shape index (κ3) is 2.75. The van der Waals surface area contributed by atoms with Gasteiger partial charge in [-0.05, 0) is 30.7 Å². The Morgan fingerprint density at radius 2 is 1.94 bits per heavy atom. The van der Waals surface area contributed by atoms with Crippen molar-refractivity contribution in [1.82, 2.24) is 4.98 Å². The van der Waals surface area contributed by atoms with Gasteiger partial charge in [-0.3, -0.25) is 0 Å². The first-order valence-corrected chi connectivity index (χ1v) is 5.76. The summed E-state index contributed by atoms with van der Waals surface area (Å²) in [6.07, 6.45) is 0.985. The number of ether oxygens (including phenoxy) is 1. The first-order chi connectivity index (χ1) is 8.31. The van der Waals surface area contributed by atoms with E-state index in [2.05, 4.69) is 11.9 Å². The number of nitrogens with two attached hydrogens (primary N) is 1. The maximum Gasteiger partial charge on any atom is 0.128 e. The zero-order chi connectivity index (χ0) is 12.1. The van der Waals surface area contributed by atoms with Crippen LogP contribution >= 0.6 is 0 Å². The molecule has 0 bridgehead atoms. The number of nitrogens with zero attached hydrogens (tertiary/aromatic N) is 1. The summed E-state index contributed by atoms with van der Waals surface area (Å²) in [5, 5.41) is 0. The second-order valence-corrected chi connectivity index (χ2v) is 3.79. The number of benzene rings is 1. The van der Waals surface area contributed by atoms with Gasteiger partial charge in [0, 0.05) is 5.56 Å². The molecular weight excluding hydrogens is 212 g/mol. The lowest BCUT2D eigenvalue weighted by atomic mass is 10.1. The van der Waals surface area contributed by atoms with E-state index in [9.17, 15) is 0 Å². The molecule has 0 amide bonds. The lowest BCUT2D eigenvalue weighted by Gasteiger charge is -2.10. The van der Waals surface area contributed by atoms with Gasteiger partial charge in [0.25, 0.3) is 0 Å². The Bertz CT molecular complexity index is 497. The summed E-state index contributed by atoms with van der Waals surface area (Å²) >= 11 is 0. The van der Waals surface area contributed by atoms with Crippen LogP contribution in [0.25, 0.3) is 11.3 Å². The Labute approximate surface area is 101 Å². The van der Waals surface area contributed by atoms with Crippen molar-refractivity contribution in [2.45, 2.75) is 13.3 Å². The van der Waals surface area contributed by atoms with E-state index >= 15 is 0 Å². The molecule has 0 aliphatic carbocycles. The maximum atomic E-state index is 5.70. The number of nitrogen functional groups attached to an aromatic ring is 1. The number of aromatic nitrogens is 1.